The maximum absolute atomic E-state index is 13.2. The highest BCUT2D eigenvalue weighted by molar-refractivity contribution is 5.95. The number of aromatic amines is 1. The molecule has 0 aliphatic rings. The van der Waals surface area contributed by atoms with E-state index in [1.807, 2.05) is 39.3 Å². The Bertz CT molecular complexity index is 1170. The molecule has 0 atom stereocenters. The van der Waals surface area contributed by atoms with E-state index >= 15 is 0 Å². The first kappa shape index (κ1) is 22.3. The van der Waals surface area contributed by atoms with E-state index < -0.39 is 0 Å². The van der Waals surface area contributed by atoms with Crippen LogP contribution in [0.5, 0.6) is 11.5 Å². The van der Waals surface area contributed by atoms with Gasteiger partial charge in [0, 0.05) is 18.3 Å². The Labute approximate surface area is 181 Å². The van der Waals surface area contributed by atoms with E-state index in [1.54, 1.807) is 23.2 Å². The fraction of sp³-hybridized carbons (Fsp3) is 0.455. The van der Waals surface area contributed by atoms with Crippen molar-refractivity contribution in [2.24, 2.45) is 0 Å². The summed E-state index contributed by atoms with van der Waals surface area (Å²) in [6, 6.07) is 3.25. The molecule has 9 heteroatoms. The lowest BCUT2D eigenvalue weighted by Gasteiger charge is -2.23. The van der Waals surface area contributed by atoms with Gasteiger partial charge in [0.05, 0.1) is 49.0 Å². The van der Waals surface area contributed by atoms with E-state index in [4.69, 9.17) is 9.47 Å². The molecule has 0 bridgehead atoms. The molecule has 0 saturated carbocycles. The van der Waals surface area contributed by atoms with Crippen molar-refractivity contribution in [2.45, 2.75) is 46.7 Å². The van der Waals surface area contributed by atoms with E-state index in [1.165, 1.54) is 14.2 Å². The van der Waals surface area contributed by atoms with Gasteiger partial charge in [0.25, 0.3) is 11.5 Å². The Hall–Kier alpha value is -3.36. The summed E-state index contributed by atoms with van der Waals surface area (Å²) in [6.45, 7) is 10.5. The number of aromatic nitrogens is 4. The number of methoxy groups -OCH3 is 2. The summed E-state index contributed by atoms with van der Waals surface area (Å²) in [6.07, 6.45) is 1.60. The molecule has 9 nitrogen and oxygen atoms in total. The number of fused-ring (bicyclic) bond motifs is 1. The molecule has 1 amide bonds. The van der Waals surface area contributed by atoms with E-state index in [2.05, 4.69) is 15.1 Å². The van der Waals surface area contributed by atoms with Gasteiger partial charge in [0.1, 0.15) is 5.82 Å². The molecule has 0 spiro atoms. The maximum atomic E-state index is 13.2. The number of hydrogen-bond acceptors (Lipinski definition) is 6. The quantitative estimate of drug-likeness (QED) is 0.649. The molecule has 1 aromatic carbocycles. The Morgan fingerprint density at radius 3 is 2.39 bits per heavy atom. The SMILES string of the molecule is CCN(Cc1nc2cc(OC)c(OC)cc2c(=O)[nH]1)C(=O)c1cnn(C(C)(C)C)c1C. The number of carbonyl (C=O) groups is 1. The summed E-state index contributed by atoms with van der Waals surface area (Å²) in [5, 5.41) is 4.78. The number of amides is 1. The number of carbonyl (C=O) groups excluding carboxylic acids is 1. The molecule has 31 heavy (non-hydrogen) atoms. The zero-order valence-electron chi connectivity index (χ0n) is 19.1. The molecule has 2 heterocycles. The molecule has 0 radical (unpaired) electrons. The van der Waals surface area contributed by atoms with Crippen molar-refractivity contribution in [3.05, 3.63) is 45.8 Å². The Morgan fingerprint density at radius 1 is 1.19 bits per heavy atom. The van der Waals surface area contributed by atoms with E-state index in [9.17, 15) is 9.59 Å². The van der Waals surface area contributed by atoms with Gasteiger partial charge in [0.15, 0.2) is 11.5 Å². The largest absolute Gasteiger partial charge is 0.493 e. The summed E-state index contributed by atoms with van der Waals surface area (Å²) in [5.41, 5.74) is 1.27. The zero-order valence-corrected chi connectivity index (χ0v) is 19.1. The Balaban J connectivity index is 1.95. The van der Waals surface area contributed by atoms with Crippen molar-refractivity contribution in [3.8, 4) is 11.5 Å². The van der Waals surface area contributed by atoms with Crippen molar-refractivity contribution in [2.75, 3.05) is 20.8 Å². The second kappa shape index (κ2) is 8.41. The van der Waals surface area contributed by atoms with Gasteiger partial charge in [-0.25, -0.2) is 4.98 Å². The molecule has 0 aliphatic carbocycles. The molecule has 2 aromatic heterocycles. The topological polar surface area (TPSA) is 102 Å². The summed E-state index contributed by atoms with van der Waals surface area (Å²) in [5.74, 6) is 1.16. The Kier molecular flexibility index (Phi) is 6.06. The van der Waals surface area contributed by atoms with Crippen LogP contribution in [0.15, 0.2) is 23.1 Å². The molecule has 3 aromatic rings. The van der Waals surface area contributed by atoms with Crippen LogP contribution in [0.3, 0.4) is 0 Å². The number of benzene rings is 1. The number of nitrogens with zero attached hydrogens (tertiary/aromatic N) is 4. The number of rotatable bonds is 6. The van der Waals surface area contributed by atoms with Crippen LogP contribution in [0, 0.1) is 6.92 Å². The first-order chi connectivity index (χ1) is 14.6. The third-order valence-electron chi connectivity index (χ3n) is 5.14. The van der Waals surface area contributed by atoms with Crippen LogP contribution >= 0.6 is 0 Å². The fourth-order valence-electron chi connectivity index (χ4n) is 3.56. The first-order valence-electron chi connectivity index (χ1n) is 10.1. The van der Waals surface area contributed by atoms with Gasteiger partial charge in [-0.3, -0.25) is 14.3 Å². The standard InChI is InChI=1S/C22H29N5O4/c1-8-26(21(29)15-11-23-27(13(15)2)22(3,4)5)12-19-24-16-10-18(31-7)17(30-6)9-14(16)20(28)25-19/h9-11H,8,12H2,1-7H3,(H,24,25,28). The predicted molar refractivity (Wildman–Crippen MR) is 118 cm³/mol. The lowest BCUT2D eigenvalue weighted by molar-refractivity contribution is 0.0747. The van der Waals surface area contributed by atoms with Gasteiger partial charge in [0.2, 0.25) is 0 Å². The van der Waals surface area contributed by atoms with Crippen LogP contribution in [0.1, 0.15) is 49.6 Å². The third-order valence-corrected chi connectivity index (χ3v) is 5.14. The molecule has 1 N–H and O–H groups in total. The van der Waals surface area contributed by atoms with Gasteiger partial charge in [-0.15, -0.1) is 0 Å². The first-order valence-corrected chi connectivity index (χ1v) is 10.1. The number of hydrogen-bond donors (Lipinski definition) is 1. The number of ether oxygens (including phenoxy) is 2. The van der Waals surface area contributed by atoms with Gasteiger partial charge < -0.3 is 19.4 Å². The average molecular weight is 428 g/mol. The van der Waals surface area contributed by atoms with Crippen molar-refractivity contribution in [1.82, 2.24) is 24.6 Å². The highest BCUT2D eigenvalue weighted by atomic mass is 16.5. The smallest absolute Gasteiger partial charge is 0.258 e. The molecule has 0 fully saturated rings. The van der Waals surface area contributed by atoms with Crippen LogP contribution in [-0.4, -0.2) is 51.3 Å². The summed E-state index contributed by atoms with van der Waals surface area (Å²) in [4.78, 5) is 34.8. The second-order valence-electron chi connectivity index (χ2n) is 8.28. The van der Waals surface area contributed by atoms with Gasteiger partial charge in [-0.2, -0.15) is 5.10 Å². The summed E-state index contributed by atoms with van der Waals surface area (Å²) < 4.78 is 12.4. The van der Waals surface area contributed by atoms with Crippen LogP contribution < -0.4 is 15.0 Å². The number of nitrogens with one attached hydrogen (secondary N) is 1. The average Bonchev–Trinajstić information content (AvgIpc) is 3.12. The second-order valence-corrected chi connectivity index (χ2v) is 8.28. The minimum absolute atomic E-state index is 0.162. The molecule has 0 unspecified atom stereocenters. The monoisotopic (exact) mass is 427 g/mol. The molecular formula is C22H29N5O4. The zero-order chi connectivity index (χ0) is 22.9. The lowest BCUT2D eigenvalue weighted by Crippen LogP contribution is -2.32. The van der Waals surface area contributed by atoms with Crippen LogP contribution in [0.2, 0.25) is 0 Å². The van der Waals surface area contributed by atoms with E-state index in [0.717, 1.165) is 5.69 Å². The fourth-order valence-corrected chi connectivity index (χ4v) is 3.56. The van der Waals surface area contributed by atoms with Crippen LogP contribution in [0.25, 0.3) is 10.9 Å². The summed E-state index contributed by atoms with van der Waals surface area (Å²) >= 11 is 0. The van der Waals surface area contributed by atoms with Crippen LogP contribution in [-0.2, 0) is 12.1 Å². The molecule has 0 saturated heterocycles. The van der Waals surface area contributed by atoms with Gasteiger partial charge >= 0.3 is 0 Å². The highest BCUT2D eigenvalue weighted by Crippen LogP contribution is 2.30. The highest BCUT2D eigenvalue weighted by Gasteiger charge is 2.25. The van der Waals surface area contributed by atoms with Gasteiger partial charge in [-0.05, 0) is 40.7 Å². The molecular weight excluding hydrogens is 398 g/mol. The van der Waals surface area contributed by atoms with E-state index in [0.29, 0.717) is 40.3 Å². The van der Waals surface area contributed by atoms with E-state index in [-0.39, 0.29) is 23.6 Å². The molecule has 166 valence electrons. The minimum atomic E-state index is -0.304. The number of H-pyrrole nitrogens is 1. The molecule has 0 aliphatic heterocycles. The predicted octanol–water partition coefficient (Wildman–Crippen LogP) is 2.86. The normalized spacial score (nSPS) is 11.6. The van der Waals surface area contributed by atoms with Crippen molar-refractivity contribution >= 4 is 16.8 Å². The summed E-state index contributed by atoms with van der Waals surface area (Å²) in [7, 11) is 3.03. The minimum Gasteiger partial charge on any atom is -0.493 e. The van der Waals surface area contributed by atoms with Gasteiger partial charge in [-0.1, -0.05) is 0 Å². The van der Waals surface area contributed by atoms with Crippen LogP contribution in [0.4, 0.5) is 0 Å². The third kappa shape index (κ3) is 4.26. The maximum Gasteiger partial charge on any atom is 0.258 e. The van der Waals surface area contributed by atoms with Crippen molar-refractivity contribution in [3.63, 3.8) is 0 Å². The van der Waals surface area contributed by atoms with Crippen molar-refractivity contribution < 1.29 is 14.3 Å². The molecule has 3 rings (SSSR count). The van der Waals surface area contributed by atoms with Crippen molar-refractivity contribution in [1.29, 1.82) is 0 Å². The Morgan fingerprint density at radius 2 is 1.84 bits per heavy atom. The lowest BCUT2D eigenvalue weighted by atomic mass is 10.1.